The highest BCUT2D eigenvalue weighted by Gasteiger charge is 2.22. The van der Waals surface area contributed by atoms with Gasteiger partial charge in [0.1, 0.15) is 0 Å². The summed E-state index contributed by atoms with van der Waals surface area (Å²) in [7, 11) is 1.73. The second-order valence-corrected chi connectivity index (χ2v) is 5.18. The average Bonchev–Trinajstić information content (AvgIpc) is 2.40. The molecule has 0 saturated carbocycles. The predicted molar refractivity (Wildman–Crippen MR) is 77.5 cm³/mol. The van der Waals surface area contributed by atoms with Gasteiger partial charge in [0, 0.05) is 18.8 Å². The van der Waals surface area contributed by atoms with E-state index in [1.165, 1.54) is 12.1 Å². The quantitative estimate of drug-likeness (QED) is 0.804. The molecule has 1 amide bonds. The molecular weight excluding hydrogens is 265 g/mol. The molecule has 19 heavy (non-hydrogen) atoms. The second kappa shape index (κ2) is 7.38. The number of para-hydroxylation sites is 1. The Balaban J connectivity index is 3.02. The number of hydrogen-bond acceptors (Lipinski definition) is 3. The summed E-state index contributed by atoms with van der Waals surface area (Å²) in [5, 5.41) is 0. The van der Waals surface area contributed by atoms with Gasteiger partial charge in [0.25, 0.3) is 5.91 Å². The number of thioether (sulfide) groups is 1. The molecular formula is C14H20FNO2S. The number of hydrogen-bond donors (Lipinski definition) is 0. The van der Waals surface area contributed by atoms with Gasteiger partial charge >= 0.3 is 0 Å². The fraction of sp³-hybridized carbons (Fsp3) is 0.500. The zero-order valence-electron chi connectivity index (χ0n) is 11.8. The van der Waals surface area contributed by atoms with Crippen molar-refractivity contribution < 1.29 is 13.9 Å². The standard InChI is InChI=1S/C14H20FNO2S/c1-5-18-13-11(7-6-8-12(13)15)14(17)16(3)10(2)9-19-4/h6-8,10H,5,9H2,1-4H3/t10-/m1/s1. The number of benzene rings is 1. The first-order valence-corrected chi connectivity index (χ1v) is 7.59. The van der Waals surface area contributed by atoms with Gasteiger partial charge in [0.05, 0.1) is 12.2 Å². The van der Waals surface area contributed by atoms with Gasteiger partial charge in [-0.1, -0.05) is 6.07 Å². The van der Waals surface area contributed by atoms with Gasteiger partial charge in [-0.15, -0.1) is 0 Å². The minimum Gasteiger partial charge on any atom is -0.490 e. The summed E-state index contributed by atoms with van der Waals surface area (Å²) in [6.07, 6.45) is 1.99. The van der Waals surface area contributed by atoms with Crippen LogP contribution in [0.2, 0.25) is 0 Å². The summed E-state index contributed by atoms with van der Waals surface area (Å²) in [5.74, 6) is 0.156. The van der Waals surface area contributed by atoms with E-state index in [9.17, 15) is 9.18 Å². The lowest BCUT2D eigenvalue weighted by molar-refractivity contribution is 0.0752. The van der Waals surface area contributed by atoms with Gasteiger partial charge < -0.3 is 9.64 Å². The Kier molecular flexibility index (Phi) is 6.15. The molecule has 3 nitrogen and oxygen atoms in total. The third kappa shape index (κ3) is 3.86. The smallest absolute Gasteiger partial charge is 0.257 e. The normalized spacial score (nSPS) is 12.1. The van der Waals surface area contributed by atoms with Gasteiger partial charge in [-0.2, -0.15) is 11.8 Å². The van der Waals surface area contributed by atoms with Crippen LogP contribution in [-0.2, 0) is 0 Å². The van der Waals surface area contributed by atoms with Crippen LogP contribution in [0.5, 0.6) is 5.75 Å². The summed E-state index contributed by atoms with van der Waals surface area (Å²) in [6, 6.07) is 4.50. The maximum Gasteiger partial charge on any atom is 0.257 e. The van der Waals surface area contributed by atoms with Crippen LogP contribution in [0.15, 0.2) is 18.2 Å². The molecule has 0 N–H and O–H groups in total. The molecule has 106 valence electrons. The zero-order chi connectivity index (χ0) is 14.4. The van der Waals surface area contributed by atoms with Crippen LogP contribution < -0.4 is 4.74 Å². The van der Waals surface area contributed by atoms with E-state index < -0.39 is 5.82 Å². The maximum atomic E-state index is 13.7. The molecule has 0 aliphatic rings. The Labute approximate surface area is 118 Å². The summed E-state index contributed by atoms with van der Waals surface area (Å²) < 4.78 is 19.0. The summed E-state index contributed by atoms with van der Waals surface area (Å²) in [5.41, 5.74) is 0.275. The lowest BCUT2D eigenvalue weighted by Gasteiger charge is -2.25. The molecule has 1 rings (SSSR count). The van der Waals surface area contributed by atoms with Crippen LogP contribution in [0.1, 0.15) is 24.2 Å². The largest absolute Gasteiger partial charge is 0.490 e. The Morgan fingerprint density at radius 2 is 2.21 bits per heavy atom. The molecule has 0 spiro atoms. The van der Waals surface area contributed by atoms with Crippen molar-refractivity contribution in [1.82, 2.24) is 4.90 Å². The molecule has 1 atom stereocenters. The second-order valence-electron chi connectivity index (χ2n) is 4.27. The van der Waals surface area contributed by atoms with Crippen molar-refractivity contribution >= 4 is 17.7 Å². The molecule has 0 unspecified atom stereocenters. The molecule has 0 aliphatic carbocycles. The zero-order valence-corrected chi connectivity index (χ0v) is 12.6. The minimum absolute atomic E-state index is 0.0400. The van der Waals surface area contributed by atoms with Crippen molar-refractivity contribution in [2.24, 2.45) is 0 Å². The first-order chi connectivity index (χ1) is 9.02. The van der Waals surface area contributed by atoms with E-state index in [0.717, 1.165) is 5.75 Å². The van der Waals surface area contributed by atoms with Crippen LogP contribution in [0.4, 0.5) is 4.39 Å². The number of amides is 1. The fourth-order valence-electron chi connectivity index (χ4n) is 1.71. The van der Waals surface area contributed by atoms with Crippen molar-refractivity contribution in [3.05, 3.63) is 29.6 Å². The number of carbonyl (C=O) groups is 1. The van der Waals surface area contributed by atoms with E-state index in [0.29, 0.717) is 6.61 Å². The lowest BCUT2D eigenvalue weighted by Crippen LogP contribution is -2.36. The molecule has 0 fully saturated rings. The molecule has 0 aromatic heterocycles. The topological polar surface area (TPSA) is 29.5 Å². The Hall–Kier alpha value is -1.23. The van der Waals surface area contributed by atoms with Gasteiger partial charge in [-0.05, 0) is 32.2 Å². The Morgan fingerprint density at radius 1 is 1.53 bits per heavy atom. The van der Waals surface area contributed by atoms with E-state index in [1.807, 2.05) is 13.2 Å². The highest BCUT2D eigenvalue weighted by Crippen LogP contribution is 2.24. The fourth-order valence-corrected chi connectivity index (χ4v) is 2.42. The van der Waals surface area contributed by atoms with Gasteiger partial charge in [-0.25, -0.2) is 4.39 Å². The summed E-state index contributed by atoms with van der Waals surface area (Å²) in [6.45, 7) is 4.06. The summed E-state index contributed by atoms with van der Waals surface area (Å²) in [4.78, 5) is 14.0. The number of ether oxygens (including phenoxy) is 1. The van der Waals surface area contributed by atoms with Crippen molar-refractivity contribution in [2.75, 3.05) is 25.7 Å². The van der Waals surface area contributed by atoms with Crippen molar-refractivity contribution in [2.45, 2.75) is 19.9 Å². The molecule has 0 radical (unpaired) electrons. The van der Waals surface area contributed by atoms with Gasteiger partial charge in [0.2, 0.25) is 0 Å². The van der Waals surface area contributed by atoms with Crippen molar-refractivity contribution in [3.8, 4) is 5.75 Å². The molecule has 1 aromatic rings. The number of nitrogens with zero attached hydrogens (tertiary/aromatic N) is 1. The van der Waals surface area contributed by atoms with Crippen LogP contribution in [-0.4, -0.2) is 42.5 Å². The molecule has 0 heterocycles. The molecule has 5 heteroatoms. The first kappa shape index (κ1) is 15.8. The van der Waals surface area contributed by atoms with Crippen LogP contribution in [0, 0.1) is 5.82 Å². The SMILES string of the molecule is CCOc1c(F)cccc1C(=O)N(C)[C@H](C)CSC. The maximum absolute atomic E-state index is 13.7. The van der Waals surface area contributed by atoms with Crippen molar-refractivity contribution in [1.29, 1.82) is 0 Å². The highest BCUT2D eigenvalue weighted by atomic mass is 32.2. The first-order valence-electron chi connectivity index (χ1n) is 6.20. The monoisotopic (exact) mass is 285 g/mol. The van der Waals surface area contributed by atoms with Crippen LogP contribution in [0.3, 0.4) is 0 Å². The predicted octanol–water partition coefficient (Wildman–Crippen LogP) is 3.05. The number of rotatable bonds is 6. The molecule has 0 aliphatic heterocycles. The van der Waals surface area contributed by atoms with Crippen molar-refractivity contribution in [3.63, 3.8) is 0 Å². The number of carbonyl (C=O) groups excluding carboxylic acids is 1. The third-order valence-corrected chi connectivity index (χ3v) is 3.69. The van der Waals surface area contributed by atoms with E-state index >= 15 is 0 Å². The molecule has 0 bridgehead atoms. The number of halogens is 1. The average molecular weight is 285 g/mol. The van der Waals surface area contributed by atoms with Gasteiger partial charge in [0.15, 0.2) is 11.6 Å². The van der Waals surface area contributed by atoms with Gasteiger partial charge in [-0.3, -0.25) is 4.79 Å². The van der Waals surface area contributed by atoms with E-state index in [1.54, 1.807) is 36.7 Å². The minimum atomic E-state index is -0.501. The molecule has 0 saturated heterocycles. The Bertz CT molecular complexity index is 439. The molecule has 1 aromatic carbocycles. The van der Waals surface area contributed by atoms with Crippen LogP contribution in [0.25, 0.3) is 0 Å². The summed E-state index contributed by atoms with van der Waals surface area (Å²) >= 11 is 1.67. The van der Waals surface area contributed by atoms with E-state index in [-0.39, 0.29) is 23.3 Å². The highest BCUT2D eigenvalue weighted by molar-refractivity contribution is 7.98. The third-order valence-electron chi connectivity index (χ3n) is 2.88. The van der Waals surface area contributed by atoms with E-state index in [2.05, 4.69) is 0 Å². The van der Waals surface area contributed by atoms with Crippen LogP contribution >= 0.6 is 11.8 Å². The van der Waals surface area contributed by atoms with E-state index in [4.69, 9.17) is 4.74 Å². The Morgan fingerprint density at radius 3 is 2.79 bits per heavy atom. The lowest BCUT2D eigenvalue weighted by atomic mass is 10.1.